The van der Waals surface area contributed by atoms with Crippen molar-refractivity contribution in [3.05, 3.63) is 72.2 Å². The largest absolute Gasteiger partial charge is 0.467 e. The predicted octanol–water partition coefficient (Wildman–Crippen LogP) is 6.12. The standard InChI is InChI=1S/C27H29N3O4S3/c1-18-13-19(2)16-29(15-18)37(32,33)23-9-6-20(7-10-23)26(31)30(17-21-5-4-12-34-21)27-28-24-11-8-22(35-3)14-25(24)36-27/h4-12,14,18-19H,13,15-17H2,1-3H3. The molecular formula is C27H29N3O4S3. The first-order valence-corrected chi connectivity index (χ1v) is 15.6. The summed E-state index contributed by atoms with van der Waals surface area (Å²) < 4.78 is 34.7. The lowest BCUT2D eigenvalue weighted by Crippen LogP contribution is -2.42. The van der Waals surface area contributed by atoms with Crippen LogP contribution in [0.4, 0.5) is 5.13 Å². The molecule has 0 saturated carbocycles. The minimum absolute atomic E-state index is 0.201. The summed E-state index contributed by atoms with van der Waals surface area (Å²) in [7, 11) is -3.63. The number of aromatic nitrogens is 1. The highest BCUT2D eigenvalue weighted by Gasteiger charge is 2.32. The number of hydrogen-bond acceptors (Lipinski definition) is 7. The number of piperidine rings is 1. The second-order valence-electron chi connectivity index (χ2n) is 9.59. The Morgan fingerprint density at radius 3 is 2.51 bits per heavy atom. The number of nitrogens with zero attached hydrogens (tertiary/aromatic N) is 3. The van der Waals surface area contributed by atoms with Gasteiger partial charge in [0.05, 0.1) is 27.9 Å². The normalized spacial score (nSPS) is 18.8. The quantitative estimate of drug-likeness (QED) is 0.255. The summed E-state index contributed by atoms with van der Waals surface area (Å²) in [5.74, 6) is 0.986. The van der Waals surface area contributed by atoms with E-state index in [4.69, 9.17) is 9.40 Å². The van der Waals surface area contributed by atoms with Crippen molar-refractivity contribution < 1.29 is 17.6 Å². The van der Waals surface area contributed by atoms with Gasteiger partial charge in [-0.1, -0.05) is 25.2 Å². The van der Waals surface area contributed by atoms with Gasteiger partial charge in [-0.3, -0.25) is 9.69 Å². The van der Waals surface area contributed by atoms with Crippen LogP contribution in [0.15, 0.2) is 75.1 Å². The topological polar surface area (TPSA) is 83.7 Å². The number of anilines is 1. The molecule has 2 unspecified atom stereocenters. The first-order chi connectivity index (χ1) is 17.7. The molecule has 4 aromatic rings. The van der Waals surface area contributed by atoms with Crippen LogP contribution < -0.4 is 4.90 Å². The molecule has 2 aromatic heterocycles. The minimum Gasteiger partial charge on any atom is -0.467 e. The van der Waals surface area contributed by atoms with Crippen LogP contribution >= 0.6 is 23.1 Å². The van der Waals surface area contributed by atoms with Gasteiger partial charge in [-0.05, 0) is 79.1 Å². The zero-order valence-corrected chi connectivity index (χ0v) is 23.4. The number of carbonyl (C=O) groups is 1. The molecule has 0 N–H and O–H groups in total. The predicted molar refractivity (Wildman–Crippen MR) is 149 cm³/mol. The van der Waals surface area contributed by atoms with Crippen molar-refractivity contribution in [1.82, 2.24) is 9.29 Å². The number of hydrogen-bond donors (Lipinski definition) is 0. The molecule has 1 saturated heterocycles. The fourth-order valence-electron chi connectivity index (χ4n) is 4.80. The molecule has 0 radical (unpaired) electrons. The molecule has 5 rings (SSSR count). The van der Waals surface area contributed by atoms with Crippen molar-refractivity contribution >= 4 is 54.4 Å². The van der Waals surface area contributed by atoms with Gasteiger partial charge in [0, 0.05) is 23.5 Å². The molecule has 0 spiro atoms. The van der Waals surface area contributed by atoms with E-state index in [0.29, 0.717) is 41.4 Å². The number of fused-ring (bicyclic) bond motifs is 1. The molecule has 1 aliphatic heterocycles. The molecule has 3 heterocycles. The molecule has 10 heteroatoms. The number of amides is 1. The molecule has 7 nitrogen and oxygen atoms in total. The second kappa shape index (κ2) is 10.6. The van der Waals surface area contributed by atoms with E-state index < -0.39 is 10.0 Å². The number of thiazole rings is 1. The minimum atomic E-state index is -3.63. The molecule has 194 valence electrons. The van der Waals surface area contributed by atoms with Crippen molar-refractivity contribution in [2.75, 3.05) is 24.2 Å². The van der Waals surface area contributed by atoms with Gasteiger partial charge in [-0.25, -0.2) is 13.4 Å². The summed E-state index contributed by atoms with van der Waals surface area (Å²) in [6.45, 7) is 5.40. The third-order valence-electron chi connectivity index (χ3n) is 6.53. The van der Waals surface area contributed by atoms with E-state index in [1.54, 1.807) is 45.4 Å². The van der Waals surface area contributed by atoms with E-state index in [1.807, 2.05) is 24.5 Å². The van der Waals surface area contributed by atoms with Gasteiger partial charge in [0.1, 0.15) is 5.76 Å². The van der Waals surface area contributed by atoms with Crippen LogP contribution in [0.5, 0.6) is 0 Å². The highest BCUT2D eigenvalue weighted by atomic mass is 32.2. The van der Waals surface area contributed by atoms with E-state index in [1.165, 1.54) is 23.5 Å². The third kappa shape index (κ3) is 5.47. The third-order valence-corrected chi connectivity index (χ3v) is 10.1. The Kier molecular flexibility index (Phi) is 7.44. The highest BCUT2D eigenvalue weighted by molar-refractivity contribution is 7.98. The van der Waals surface area contributed by atoms with Gasteiger partial charge in [0.2, 0.25) is 10.0 Å². The fraction of sp³-hybridized carbons (Fsp3) is 0.333. The van der Waals surface area contributed by atoms with E-state index >= 15 is 0 Å². The second-order valence-corrected chi connectivity index (χ2v) is 13.4. The van der Waals surface area contributed by atoms with Crippen molar-refractivity contribution in [3.8, 4) is 0 Å². The summed E-state index contributed by atoms with van der Waals surface area (Å²) in [6.07, 6.45) is 4.62. The molecule has 1 amide bonds. The molecule has 1 fully saturated rings. The summed E-state index contributed by atoms with van der Waals surface area (Å²) >= 11 is 3.10. The Balaban J connectivity index is 1.44. The van der Waals surface area contributed by atoms with Gasteiger partial charge < -0.3 is 4.42 Å². The van der Waals surface area contributed by atoms with Crippen molar-refractivity contribution in [2.24, 2.45) is 11.8 Å². The Bertz CT molecular complexity index is 1490. The molecule has 2 aromatic carbocycles. The summed E-state index contributed by atoms with van der Waals surface area (Å²) in [5.41, 5.74) is 1.21. The first-order valence-electron chi connectivity index (χ1n) is 12.1. The van der Waals surface area contributed by atoms with E-state index in [0.717, 1.165) is 21.5 Å². The molecule has 0 bridgehead atoms. The Morgan fingerprint density at radius 1 is 1.14 bits per heavy atom. The SMILES string of the molecule is CSc1ccc2nc(N(Cc3ccco3)C(=O)c3ccc(S(=O)(=O)N4CC(C)CC(C)C4)cc3)sc2c1. The zero-order valence-electron chi connectivity index (χ0n) is 21.0. The van der Waals surface area contributed by atoms with Crippen LogP contribution in [0, 0.1) is 11.8 Å². The average molecular weight is 556 g/mol. The van der Waals surface area contributed by atoms with Crippen molar-refractivity contribution in [1.29, 1.82) is 0 Å². The average Bonchev–Trinajstić information content (AvgIpc) is 3.55. The van der Waals surface area contributed by atoms with Crippen molar-refractivity contribution in [3.63, 3.8) is 0 Å². The van der Waals surface area contributed by atoms with Gasteiger partial charge in [-0.15, -0.1) is 11.8 Å². The maximum absolute atomic E-state index is 13.7. The monoisotopic (exact) mass is 555 g/mol. The number of thioether (sulfide) groups is 1. The van der Waals surface area contributed by atoms with Gasteiger partial charge >= 0.3 is 0 Å². The number of carbonyl (C=O) groups excluding carboxylic acids is 1. The lowest BCUT2D eigenvalue weighted by Gasteiger charge is -2.34. The molecule has 2 atom stereocenters. The number of furan rings is 1. The Labute approximate surface area is 225 Å². The summed E-state index contributed by atoms with van der Waals surface area (Å²) in [6, 6.07) is 15.9. The molecule has 1 aliphatic rings. The van der Waals surface area contributed by atoms with Crippen LogP contribution in [0.25, 0.3) is 10.2 Å². The van der Waals surface area contributed by atoms with E-state index in [2.05, 4.69) is 19.9 Å². The van der Waals surface area contributed by atoms with Crippen LogP contribution in [0.2, 0.25) is 0 Å². The molecular weight excluding hydrogens is 527 g/mol. The highest BCUT2D eigenvalue weighted by Crippen LogP contribution is 2.33. The van der Waals surface area contributed by atoms with Crippen LogP contribution in [0.3, 0.4) is 0 Å². The first kappa shape index (κ1) is 26.0. The molecule has 37 heavy (non-hydrogen) atoms. The van der Waals surface area contributed by atoms with Gasteiger partial charge in [0.25, 0.3) is 5.91 Å². The van der Waals surface area contributed by atoms with Gasteiger partial charge in [-0.2, -0.15) is 4.31 Å². The van der Waals surface area contributed by atoms with Crippen LogP contribution in [-0.4, -0.2) is 43.0 Å². The lowest BCUT2D eigenvalue weighted by atomic mass is 9.94. The van der Waals surface area contributed by atoms with Crippen molar-refractivity contribution in [2.45, 2.75) is 36.6 Å². The Hall–Kier alpha value is -2.66. The van der Waals surface area contributed by atoms with Crippen LogP contribution in [0.1, 0.15) is 36.4 Å². The number of benzene rings is 2. The maximum atomic E-state index is 13.7. The summed E-state index contributed by atoms with van der Waals surface area (Å²) in [5, 5.41) is 0.558. The van der Waals surface area contributed by atoms with Gasteiger partial charge in [0.15, 0.2) is 5.13 Å². The van der Waals surface area contributed by atoms with E-state index in [9.17, 15) is 13.2 Å². The summed E-state index contributed by atoms with van der Waals surface area (Å²) in [4.78, 5) is 21.3. The fourth-order valence-corrected chi connectivity index (χ4v) is 7.99. The Morgan fingerprint density at radius 2 is 1.86 bits per heavy atom. The maximum Gasteiger partial charge on any atom is 0.260 e. The lowest BCUT2D eigenvalue weighted by molar-refractivity contribution is 0.0983. The molecule has 0 aliphatic carbocycles. The van der Waals surface area contributed by atoms with Crippen LogP contribution in [-0.2, 0) is 16.6 Å². The van der Waals surface area contributed by atoms with E-state index in [-0.39, 0.29) is 17.3 Å². The number of sulfonamides is 1. The smallest absolute Gasteiger partial charge is 0.260 e. The zero-order chi connectivity index (χ0) is 26.2. The number of rotatable bonds is 7.